The number of morpholine rings is 1. The second-order valence-electron chi connectivity index (χ2n) is 8.39. The highest BCUT2D eigenvalue weighted by molar-refractivity contribution is 14.0. The first-order valence-corrected chi connectivity index (χ1v) is 10.6. The van der Waals surface area contributed by atoms with E-state index in [4.69, 9.17) is 4.74 Å². The van der Waals surface area contributed by atoms with Gasteiger partial charge >= 0.3 is 0 Å². The maximum absolute atomic E-state index is 5.50. The molecule has 0 radical (unpaired) electrons. The second-order valence-corrected chi connectivity index (χ2v) is 8.39. The Morgan fingerprint density at radius 3 is 2.44 bits per heavy atom. The minimum atomic E-state index is 0. The van der Waals surface area contributed by atoms with Crippen molar-refractivity contribution in [2.45, 2.75) is 50.6 Å². The van der Waals surface area contributed by atoms with Gasteiger partial charge in [-0.15, -0.1) is 24.0 Å². The van der Waals surface area contributed by atoms with E-state index in [9.17, 15) is 0 Å². The summed E-state index contributed by atoms with van der Waals surface area (Å²) in [5, 5.41) is 3.70. The lowest BCUT2D eigenvalue weighted by Gasteiger charge is -2.36. The molecule has 2 heterocycles. The second kappa shape index (κ2) is 11.8. The van der Waals surface area contributed by atoms with Crippen molar-refractivity contribution >= 4 is 29.9 Å². The van der Waals surface area contributed by atoms with E-state index < -0.39 is 0 Å². The molecule has 1 saturated carbocycles. The standard InChI is InChI=1S/C20H39N5O.HI/c1-21-20(22-15-19(23(2)3)17-7-5-4-6-8-17)25-10-9-18(16-25)24-11-13-26-14-12-24;/h17-19H,4-16H2,1-3H3,(H,21,22);1H. The molecule has 0 spiro atoms. The number of rotatable bonds is 5. The fourth-order valence-corrected chi connectivity index (χ4v) is 4.99. The summed E-state index contributed by atoms with van der Waals surface area (Å²) in [4.78, 5) is 12.1. The number of likely N-dealkylation sites (N-methyl/N-ethyl adjacent to an activating group) is 1. The average Bonchev–Trinajstić information content (AvgIpc) is 3.16. The molecule has 1 N–H and O–H groups in total. The summed E-state index contributed by atoms with van der Waals surface area (Å²) < 4.78 is 5.50. The Bertz CT molecular complexity index is 450. The molecule has 6 nitrogen and oxygen atoms in total. The topological polar surface area (TPSA) is 43.3 Å². The zero-order valence-electron chi connectivity index (χ0n) is 17.5. The Hall–Kier alpha value is -0.120. The third kappa shape index (κ3) is 6.44. The monoisotopic (exact) mass is 493 g/mol. The Balaban J connectivity index is 0.00000261. The van der Waals surface area contributed by atoms with E-state index in [1.54, 1.807) is 0 Å². The SMILES string of the molecule is CN=C(NCC(C1CCCCC1)N(C)C)N1CCC(N2CCOCC2)C1.I. The van der Waals surface area contributed by atoms with Gasteiger partial charge in [0.25, 0.3) is 0 Å². The number of ether oxygens (including phenoxy) is 1. The molecular weight excluding hydrogens is 453 g/mol. The average molecular weight is 493 g/mol. The molecule has 3 fully saturated rings. The molecule has 0 bridgehead atoms. The van der Waals surface area contributed by atoms with Gasteiger partial charge in [0, 0.05) is 51.9 Å². The van der Waals surface area contributed by atoms with Gasteiger partial charge in [0.05, 0.1) is 13.2 Å². The summed E-state index contributed by atoms with van der Waals surface area (Å²) in [7, 11) is 6.39. The number of nitrogens with one attached hydrogen (secondary N) is 1. The molecule has 2 unspecified atom stereocenters. The lowest BCUT2D eigenvalue weighted by atomic mass is 9.83. The normalized spacial score (nSPS) is 26.9. The van der Waals surface area contributed by atoms with Crippen LogP contribution in [0.15, 0.2) is 4.99 Å². The van der Waals surface area contributed by atoms with Crippen molar-refractivity contribution in [1.82, 2.24) is 20.0 Å². The summed E-state index contributed by atoms with van der Waals surface area (Å²) in [6.45, 7) is 7.13. The third-order valence-electron chi connectivity index (χ3n) is 6.56. The lowest BCUT2D eigenvalue weighted by Crippen LogP contribution is -2.50. The van der Waals surface area contributed by atoms with Crippen LogP contribution in [0.25, 0.3) is 0 Å². The molecule has 2 saturated heterocycles. The summed E-state index contributed by atoms with van der Waals surface area (Å²) in [5.74, 6) is 1.91. The van der Waals surface area contributed by atoms with Crippen LogP contribution in [0.2, 0.25) is 0 Å². The van der Waals surface area contributed by atoms with Crippen molar-refractivity contribution in [1.29, 1.82) is 0 Å². The van der Waals surface area contributed by atoms with Crippen LogP contribution in [-0.4, -0.2) is 99.8 Å². The molecule has 2 atom stereocenters. The molecular formula is C20H40IN5O. The Kier molecular flexibility index (Phi) is 10.1. The molecule has 3 rings (SSSR count). The fourth-order valence-electron chi connectivity index (χ4n) is 4.99. The van der Waals surface area contributed by atoms with Gasteiger partial charge in [-0.3, -0.25) is 9.89 Å². The van der Waals surface area contributed by atoms with E-state index in [1.807, 2.05) is 7.05 Å². The van der Waals surface area contributed by atoms with E-state index in [1.165, 1.54) is 38.5 Å². The van der Waals surface area contributed by atoms with Crippen LogP contribution in [0.5, 0.6) is 0 Å². The number of hydrogen-bond donors (Lipinski definition) is 1. The van der Waals surface area contributed by atoms with Crippen LogP contribution < -0.4 is 5.32 Å². The van der Waals surface area contributed by atoms with Crippen LogP contribution in [-0.2, 0) is 4.74 Å². The summed E-state index contributed by atoms with van der Waals surface area (Å²) in [6.07, 6.45) is 8.22. The van der Waals surface area contributed by atoms with Crippen molar-refractivity contribution in [3.8, 4) is 0 Å². The molecule has 0 amide bonds. The van der Waals surface area contributed by atoms with Gasteiger partial charge in [0.2, 0.25) is 0 Å². The van der Waals surface area contributed by atoms with Gasteiger partial charge in [-0.25, -0.2) is 0 Å². The summed E-state index contributed by atoms with van der Waals surface area (Å²) in [5.41, 5.74) is 0. The number of guanidine groups is 1. The molecule has 2 aliphatic heterocycles. The van der Waals surface area contributed by atoms with Crippen LogP contribution in [0.4, 0.5) is 0 Å². The minimum Gasteiger partial charge on any atom is -0.379 e. The van der Waals surface area contributed by atoms with Crippen molar-refractivity contribution in [3.05, 3.63) is 0 Å². The van der Waals surface area contributed by atoms with Crippen LogP contribution in [0, 0.1) is 5.92 Å². The molecule has 0 aromatic carbocycles. The Labute approximate surface area is 183 Å². The zero-order valence-corrected chi connectivity index (χ0v) is 19.9. The van der Waals surface area contributed by atoms with Gasteiger partial charge < -0.3 is 19.9 Å². The molecule has 27 heavy (non-hydrogen) atoms. The van der Waals surface area contributed by atoms with Gasteiger partial charge in [0.1, 0.15) is 0 Å². The number of hydrogen-bond acceptors (Lipinski definition) is 4. The van der Waals surface area contributed by atoms with E-state index in [2.05, 4.69) is 39.1 Å². The maximum Gasteiger partial charge on any atom is 0.193 e. The van der Waals surface area contributed by atoms with Gasteiger partial charge in [-0.05, 0) is 39.3 Å². The Morgan fingerprint density at radius 2 is 1.81 bits per heavy atom. The molecule has 7 heteroatoms. The van der Waals surface area contributed by atoms with E-state index in [-0.39, 0.29) is 24.0 Å². The minimum absolute atomic E-state index is 0. The highest BCUT2D eigenvalue weighted by atomic mass is 127. The largest absolute Gasteiger partial charge is 0.379 e. The first-order valence-electron chi connectivity index (χ1n) is 10.6. The molecule has 0 aromatic heterocycles. The highest BCUT2D eigenvalue weighted by Crippen LogP contribution is 2.28. The van der Waals surface area contributed by atoms with Crippen LogP contribution in [0.3, 0.4) is 0 Å². The predicted molar refractivity (Wildman–Crippen MR) is 123 cm³/mol. The van der Waals surface area contributed by atoms with E-state index >= 15 is 0 Å². The van der Waals surface area contributed by atoms with Crippen LogP contribution in [0.1, 0.15) is 38.5 Å². The van der Waals surface area contributed by atoms with E-state index in [0.717, 1.165) is 57.8 Å². The predicted octanol–water partition coefficient (Wildman–Crippen LogP) is 2.10. The quantitative estimate of drug-likeness (QED) is 0.361. The van der Waals surface area contributed by atoms with Crippen molar-refractivity contribution < 1.29 is 4.74 Å². The third-order valence-corrected chi connectivity index (χ3v) is 6.56. The Morgan fingerprint density at radius 1 is 1.11 bits per heavy atom. The smallest absolute Gasteiger partial charge is 0.193 e. The number of nitrogens with zero attached hydrogens (tertiary/aromatic N) is 4. The number of halogens is 1. The first-order chi connectivity index (χ1) is 12.7. The van der Waals surface area contributed by atoms with Crippen LogP contribution >= 0.6 is 24.0 Å². The summed E-state index contributed by atoms with van der Waals surface area (Å²) >= 11 is 0. The maximum atomic E-state index is 5.50. The van der Waals surface area contributed by atoms with Crippen molar-refractivity contribution in [3.63, 3.8) is 0 Å². The lowest BCUT2D eigenvalue weighted by molar-refractivity contribution is 0.0194. The molecule has 3 aliphatic rings. The molecule has 158 valence electrons. The number of aliphatic imine (C=N–C) groups is 1. The van der Waals surface area contributed by atoms with Crippen molar-refractivity contribution in [2.24, 2.45) is 10.9 Å². The number of likely N-dealkylation sites (tertiary alicyclic amines) is 1. The fraction of sp³-hybridized carbons (Fsp3) is 0.950. The van der Waals surface area contributed by atoms with E-state index in [0.29, 0.717) is 12.1 Å². The molecule has 0 aromatic rings. The molecule has 1 aliphatic carbocycles. The zero-order chi connectivity index (χ0) is 18.4. The van der Waals surface area contributed by atoms with Gasteiger partial charge in [-0.1, -0.05) is 19.3 Å². The first kappa shape index (κ1) is 23.2. The van der Waals surface area contributed by atoms with Gasteiger partial charge in [-0.2, -0.15) is 0 Å². The highest BCUT2D eigenvalue weighted by Gasteiger charge is 2.31. The van der Waals surface area contributed by atoms with Crippen molar-refractivity contribution in [2.75, 3.05) is 67.1 Å². The van der Waals surface area contributed by atoms with Gasteiger partial charge in [0.15, 0.2) is 5.96 Å². The summed E-state index contributed by atoms with van der Waals surface area (Å²) in [6, 6.07) is 1.25.